The molecule has 0 spiro atoms. The van der Waals surface area contributed by atoms with E-state index in [2.05, 4.69) is 41.5 Å². The Morgan fingerprint density at radius 1 is 0.462 bits per heavy atom. The molecule has 8 aromatic rings. The predicted molar refractivity (Wildman–Crippen MR) is 402 cm³/mol. The van der Waals surface area contributed by atoms with E-state index in [0.717, 1.165) is 98.3 Å². The molecule has 6 aliphatic rings. The number of non-ortho nitro benzene ring substituents is 2. The van der Waals surface area contributed by atoms with Gasteiger partial charge >= 0.3 is 0 Å². The van der Waals surface area contributed by atoms with Crippen molar-refractivity contribution in [3.63, 3.8) is 0 Å². The number of nitro benzene ring substituents is 2. The van der Waals surface area contributed by atoms with Crippen molar-refractivity contribution in [2.75, 3.05) is 142 Å². The lowest BCUT2D eigenvalue weighted by molar-refractivity contribution is -0.385. The average Bonchev–Trinajstić information content (AvgIpc) is 0.778. The summed E-state index contributed by atoms with van der Waals surface area (Å²) < 4.78 is 135. The lowest BCUT2D eigenvalue weighted by Crippen LogP contribution is -2.38. The number of benzene rings is 6. The Morgan fingerprint density at radius 3 is 1.31 bits per heavy atom. The topological polar surface area (TPSA) is 199 Å². The Labute approximate surface area is 619 Å². The molecule has 0 atom stereocenters. The van der Waals surface area contributed by atoms with Crippen molar-refractivity contribution in [2.24, 2.45) is 0 Å². The van der Waals surface area contributed by atoms with Crippen LogP contribution in [0.2, 0.25) is 5.28 Å². The summed E-state index contributed by atoms with van der Waals surface area (Å²) in [6.45, 7) is 15.1. The van der Waals surface area contributed by atoms with Crippen LogP contribution in [0.25, 0.3) is 22.5 Å². The summed E-state index contributed by atoms with van der Waals surface area (Å²) >= 11 is 13.4. The molecule has 0 saturated carbocycles. The number of nitrogen functional groups attached to an aromatic ring is 1. The summed E-state index contributed by atoms with van der Waals surface area (Å²) in [6.07, 6.45) is 6.69. The first kappa shape index (κ1) is 79.8. The molecule has 2 aromatic heterocycles. The molecule has 0 unspecified atom stereocenters. The fourth-order valence-electron chi connectivity index (χ4n) is 11.6. The van der Waals surface area contributed by atoms with Crippen molar-refractivity contribution in [3.05, 3.63) is 199 Å². The normalized spacial score (nSPS) is 15.5. The van der Waals surface area contributed by atoms with E-state index < -0.39 is 56.3 Å². The molecule has 6 aliphatic heterocycles. The van der Waals surface area contributed by atoms with Crippen molar-refractivity contribution in [1.82, 2.24) is 19.9 Å². The summed E-state index contributed by atoms with van der Waals surface area (Å²) in [7, 11) is 0. The Kier molecular flexibility index (Phi) is 29.7. The first-order chi connectivity index (χ1) is 49.9. The van der Waals surface area contributed by atoms with E-state index in [4.69, 9.17) is 26.8 Å². The molecule has 6 aromatic carbocycles. The Balaban J connectivity index is 0.000000156. The molecule has 32 heteroatoms. The number of nitro groups is 2. The monoisotopic (exact) mass is 1540 g/mol. The van der Waals surface area contributed by atoms with Gasteiger partial charge in [-0.2, -0.15) is 47.0 Å². The van der Waals surface area contributed by atoms with Crippen molar-refractivity contribution < 1.29 is 58.8 Å². The first-order valence-electron chi connectivity index (χ1n) is 33.5. The van der Waals surface area contributed by atoms with Crippen LogP contribution in [0.4, 0.5) is 85.0 Å². The lowest BCUT2D eigenvalue weighted by atomic mass is 10.1. The van der Waals surface area contributed by atoms with Gasteiger partial charge in [0.25, 0.3) is 11.4 Å². The standard InChI is InChI=1S/C26H27F3N4OS.C15H14ClF2N3O.C10H11FN2O2S.C10H13FN2S.C6H3F2NO2.C5H10S/c1-16(2)33-5-8-34-26-20(28)13-18(14-23(26)33)25-21(29)15-30-24(31-25)12-17-3-4-22(19(27)11-17)32-6-9-35-10-7-32;1-8(2)21-3-4-22-14-10(17)5-9(6-12(14)21)13-11(18)7-19-15(16)20-13;11-9-7-8(13(14)15)1-2-10(9)12-3-5-16-6-4-12;11-9-7-8(12)1-2-10(9)13-3-5-14-6-4-13;7-5-2-1-4(9(10)11)3-6(5)8;1-2-4-6-5-3-1/h3-4,11,13-16H,5-10,12H2,1-2H3;5-8H,3-4H2,1-2H3;1-2,7H,3-6H2;1-2,7H,3-6,12H2;1-3H;1-5H2. The lowest BCUT2D eigenvalue weighted by Gasteiger charge is -2.34. The third kappa shape index (κ3) is 21.9. The quantitative estimate of drug-likeness (QED) is 0.0421. The van der Waals surface area contributed by atoms with Crippen LogP contribution >= 0.6 is 58.6 Å². The highest BCUT2D eigenvalue weighted by atomic mass is 35.5. The van der Waals surface area contributed by atoms with Crippen LogP contribution in [-0.2, 0) is 6.42 Å². The number of ether oxygens (including phenoxy) is 2. The maximum absolute atomic E-state index is 14.9. The van der Waals surface area contributed by atoms with Gasteiger partial charge in [0.15, 0.2) is 52.2 Å². The molecule has 14 rings (SSSR count). The second-order valence-electron chi connectivity index (χ2n) is 24.6. The zero-order valence-corrected chi connectivity index (χ0v) is 61.5. The zero-order valence-electron chi connectivity index (χ0n) is 57.5. The number of nitrogens with zero attached hydrogens (tertiary/aromatic N) is 11. The van der Waals surface area contributed by atoms with Gasteiger partial charge in [0.05, 0.1) is 75.9 Å². The van der Waals surface area contributed by atoms with Gasteiger partial charge in [-0.3, -0.25) is 20.2 Å². The third-order valence-electron chi connectivity index (χ3n) is 16.9. The average molecular weight is 1540 g/mol. The van der Waals surface area contributed by atoms with Crippen LogP contribution in [0.5, 0.6) is 11.5 Å². The summed E-state index contributed by atoms with van der Waals surface area (Å²) in [6, 6.07) is 22.1. The molecule has 0 aliphatic carbocycles. The number of anilines is 6. The van der Waals surface area contributed by atoms with Crippen molar-refractivity contribution >= 4 is 104 Å². The highest BCUT2D eigenvalue weighted by molar-refractivity contribution is 8.00. The minimum Gasteiger partial charge on any atom is -0.486 e. The summed E-state index contributed by atoms with van der Waals surface area (Å²) in [5.41, 5.74) is 9.50. The highest BCUT2D eigenvalue weighted by Gasteiger charge is 2.29. The van der Waals surface area contributed by atoms with Crippen LogP contribution in [-0.4, -0.2) is 153 Å². The second-order valence-corrected chi connectivity index (χ2v) is 29.8. The Morgan fingerprint density at radius 2 is 0.885 bits per heavy atom. The van der Waals surface area contributed by atoms with Crippen LogP contribution in [0, 0.1) is 72.6 Å². The highest BCUT2D eigenvalue weighted by Crippen LogP contribution is 2.42. The largest absolute Gasteiger partial charge is 0.486 e. The van der Waals surface area contributed by atoms with Gasteiger partial charge in [-0.1, -0.05) is 12.5 Å². The number of halogens is 10. The van der Waals surface area contributed by atoms with E-state index in [0.29, 0.717) is 95.1 Å². The van der Waals surface area contributed by atoms with E-state index in [1.165, 1.54) is 67.2 Å². The molecule has 4 fully saturated rings. The number of nitrogens with two attached hydrogens (primary N) is 1. The van der Waals surface area contributed by atoms with Crippen LogP contribution in [0.3, 0.4) is 0 Å². The van der Waals surface area contributed by atoms with E-state index in [-0.39, 0.29) is 64.0 Å². The second kappa shape index (κ2) is 38.7. The smallest absolute Gasteiger partial charge is 0.272 e. The molecule has 0 amide bonds. The van der Waals surface area contributed by atoms with Crippen molar-refractivity contribution in [3.8, 4) is 34.0 Å². The van der Waals surface area contributed by atoms with Gasteiger partial charge in [-0.25, -0.2) is 59.4 Å². The zero-order chi connectivity index (χ0) is 74.6. The molecule has 2 N–H and O–H groups in total. The van der Waals surface area contributed by atoms with E-state index in [1.807, 2.05) is 83.7 Å². The van der Waals surface area contributed by atoms with Gasteiger partial charge in [0.2, 0.25) is 5.28 Å². The maximum Gasteiger partial charge on any atom is 0.272 e. The summed E-state index contributed by atoms with van der Waals surface area (Å²) in [5, 5.41) is 20.4. The van der Waals surface area contributed by atoms with Crippen molar-refractivity contribution in [1.29, 1.82) is 0 Å². The Bertz CT molecular complexity index is 4230. The molecule has 18 nitrogen and oxygen atoms in total. The minimum absolute atomic E-state index is 0.00823. The molecular formula is C72H78ClF9N12O6S4. The van der Waals surface area contributed by atoms with Gasteiger partial charge < -0.3 is 39.7 Å². The van der Waals surface area contributed by atoms with Crippen molar-refractivity contribution in [2.45, 2.75) is 65.5 Å². The number of rotatable bonds is 11. The van der Waals surface area contributed by atoms with E-state index >= 15 is 0 Å². The number of thioether (sulfide) groups is 4. The van der Waals surface area contributed by atoms with Crippen LogP contribution in [0.15, 0.2) is 109 Å². The van der Waals surface area contributed by atoms with Gasteiger partial charge in [-0.15, -0.1) is 0 Å². The molecule has 0 bridgehead atoms. The van der Waals surface area contributed by atoms with Gasteiger partial charge in [0.1, 0.15) is 42.1 Å². The molecule has 8 heterocycles. The number of hydrogen-bond acceptors (Lipinski definition) is 20. The summed E-state index contributed by atoms with van der Waals surface area (Å²) in [5.74, 6) is 3.85. The number of hydrogen-bond donors (Lipinski definition) is 1. The van der Waals surface area contributed by atoms with Gasteiger partial charge in [-0.05, 0) is 136 Å². The minimum atomic E-state index is -1.21. The van der Waals surface area contributed by atoms with Gasteiger partial charge in [0, 0.05) is 121 Å². The molecule has 4 saturated heterocycles. The molecular weight excluding hydrogens is 1460 g/mol. The molecule has 104 heavy (non-hydrogen) atoms. The first-order valence-corrected chi connectivity index (χ1v) is 38.5. The van der Waals surface area contributed by atoms with E-state index in [1.54, 1.807) is 30.3 Å². The number of aromatic nitrogens is 4. The summed E-state index contributed by atoms with van der Waals surface area (Å²) in [4.78, 5) is 45.1. The fraction of sp³-hybridized carbons (Fsp3) is 0.389. The number of fused-ring (bicyclic) bond motifs is 2. The molecule has 556 valence electrons. The van der Waals surface area contributed by atoms with Crippen LogP contribution < -0.4 is 39.7 Å². The van der Waals surface area contributed by atoms with Crippen LogP contribution in [0.1, 0.15) is 58.3 Å². The SMILES string of the molecule is C1CCSCC1.CC(C)N1CCOc2c(F)cc(-c3nc(Cc4ccc(N5CCSCC5)c(F)c4)ncc3F)cc21.CC(C)N1CCOc2c(F)cc(-c3nc(Cl)ncc3F)cc21.Nc1ccc(N2CCSCC2)c(F)c1.O=[N+]([O-])c1ccc(F)c(F)c1.O=[N+]([O-])c1ccc(N2CCSCC2)c(F)c1. The fourth-order valence-corrected chi connectivity index (χ4v) is 15.5. The molecule has 0 radical (unpaired) electrons. The Hall–Kier alpha value is -8.26. The van der Waals surface area contributed by atoms with E-state index in [9.17, 15) is 59.7 Å². The maximum atomic E-state index is 14.9. The predicted octanol–water partition coefficient (Wildman–Crippen LogP) is 17.0. The third-order valence-corrected chi connectivity index (χ3v) is 21.0.